The lowest BCUT2D eigenvalue weighted by Crippen LogP contribution is -2.07. The van der Waals surface area contributed by atoms with Gasteiger partial charge in [-0.1, -0.05) is 42.5 Å². The zero-order valence-electron chi connectivity index (χ0n) is 12.3. The van der Waals surface area contributed by atoms with Crippen LogP contribution >= 0.6 is 0 Å². The van der Waals surface area contributed by atoms with Crippen molar-refractivity contribution in [2.24, 2.45) is 0 Å². The Morgan fingerprint density at radius 2 is 1.52 bits per heavy atom. The second-order valence-electron chi connectivity index (χ2n) is 5.29. The maximum Gasteiger partial charge on any atom is 0.193 e. The van der Waals surface area contributed by atoms with Gasteiger partial charge in [-0.15, -0.1) is 0 Å². The average Bonchev–Trinajstić information content (AvgIpc) is 3.01. The molecule has 2 aromatic rings. The number of ether oxygens (including phenoxy) is 2. The fourth-order valence-electron chi connectivity index (χ4n) is 2.66. The van der Waals surface area contributed by atoms with Crippen LogP contribution in [-0.4, -0.2) is 19.0 Å². The number of benzene rings is 2. The van der Waals surface area contributed by atoms with Crippen LogP contribution in [0.5, 0.6) is 0 Å². The average molecular weight is 282 g/mol. The van der Waals surface area contributed by atoms with Crippen molar-refractivity contribution in [3.05, 3.63) is 70.3 Å². The zero-order chi connectivity index (χ0) is 14.8. The first-order valence-corrected chi connectivity index (χ1v) is 7.11. The highest BCUT2D eigenvalue weighted by molar-refractivity contribution is 6.10. The largest absolute Gasteiger partial charge is 0.346 e. The minimum Gasteiger partial charge on any atom is -0.346 e. The van der Waals surface area contributed by atoms with Crippen LogP contribution in [0.4, 0.5) is 0 Å². The lowest BCUT2D eigenvalue weighted by molar-refractivity contribution is -0.0441. The predicted octanol–water partition coefficient (Wildman–Crippen LogP) is 3.58. The summed E-state index contributed by atoms with van der Waals surface area (Å²) in [5.74, 6) is 0.0606. The number of carbonyl (C=O) groups is 1. The summed E-state index contributed by atoms with van der Waals surface area (Å²) in [6, 6.07) is 13.4. The van der Waals surface area contributed by atoms with Crippen molar-refractivity contribution in [3.63, 3.8) is 0 Å². The fourth-order valence-corrected chi connectivity index (χ4v) is 2.66. The molecule has 1 heterocycles. The van der Waals surface area contributed by atoms with E-state index in [2.05, 4.69) is 0 Å². The Morgan fingerprint density at radius 1 is 0.952 bits per heavy atom. The van der Waals surface area contributed by atoms with Gasteiger partial charge in [-0.3, -0.25) is 4.79 Å². The molecule has 108 valence electrons. The second-order valence-corrected chi connectivity index (χ2v) is 5.29. The van der Waals surface area contributed by atoms with Crippen LogP contribution in [0.1, 0.15) is 38.9 Å². The first-order chi connectivity index (χ1) is 10.2. The van der Waals surface area contributed by atoms with Crippen LogP contribution in [0, 0.1) is 13.8 Å². The summed E-state index contributed by atoms with van der Waals surface area (Å²) in [6.07, 6.45) is -0.297. The van der Waals surface area contributed by atoms with Crippen molar-refractivity contribution >= 4 is 5.78 Å². The molecule has 1 aliphatic heterocycles. The van der Waals surface area contributed by atoms with Gasteiger partial charge < -0.3 is 9.47 Å². The van der Waals surface area contributed by atoms with Gasteiger partial charge in [-0.25, -0.2) is 0 Å². The Hall–Kier alpha value is -1.97. The molecular formula is C18H18O3. The van der Waals surface area contributed by atoms with Gasteiger partial charge in [-0.05, 0) is 25.0 Å². The minimum absolute atomic E-state index is 0.0606. The van der Waals surface area contributed by atoms with E-state index < -0.39 is 0 Å². The van der Waals surface area contributed by atoms with E-state index in [0.717, 1.165) is 22.3 Å². The standard InChI is InChI=1S/C18H18O3/c1-12-4-3-5-13(2)16(12)17(19)14-6-8-15(9-7-14)18-20-10-11-21-18/h3-9,18H,10-11H2,1-2H3. The van der Waals surface area contributed by atoms with E-state index in [1.807, 2.05) is 56.3 Å². The van der Waals surface area contributed by atoms with Crippen LogP contribution in [0.3, 0.4) is 0 Å². The molecule has 0 amide bonds. The number of hydrogen-bond donors (Lipinski definition) is 0. The van der Waals surface area contributed by atoms with Crippen LogP contribution < -0.4 is 0 Å². The molecular weight excluding hydrogens is 264 g/mol. The Balaban J connectivity index is 1.88. The Kier molecular flexibility index (Phi) is 3.86. The summed E-state index contributed by atoms with van der Waals surface area (Å²) in [5, 5.41) is 0. The fraction of sp³-hybridized carbons (Fsp3) is 0.278. The van der Waals surface area contributed by atoms with E-state index >= 15 is 0 Å². The van der Waals surface area contributed by atoms with Crippen molar-refractivity contribution in [1.29, 1.82) is 0 Å². The van der Waals surface area contributed by atoms with Crippen molar-refractivity contribution in [2.45, 2.75) is 20.1 Å². The molecule has 0 unspecified atom stereocenters. The molecule has 0 aliphatic carbocycles. The molecule has 3 rings (SSSR count). The minimum atomic E-state index is -0.297. The molecule has 0 N–H and O–H groups in total. The molecule has 1 saturated heterocycles. The van der Waals surface area contributed by atoms with Crippen LogP contribution in [-0.2, 0) is 9.47 Å². The molecule has 0 saturated carbocycles. The monoisotopic (exact) mass is 282 g/mol. The van der Waals surface area contributed by atoms with Crippen LogP contribution in [0.25, 0.3) is 0 Å². The number of rotatable bonds is 3. The zero-order valence-corrected chi connectivity index (χ0v) is 12.3. The SMILES string of the molecule is Cc1cccc(C)c1C(=O)c1ccc(C2OCCO2)cc1. The van der Waals surface area contributed by atoms with E-state index in [0.29, 0.717) is 18.8 Å². The summed E-state index contributed by atoms with van der Waals surface area (Å²) in [6.45, 7) is 5.17. The first-order valence-electron chi connectivity index (χ1n) is 7.11. The van der Waals surface area contributed by atoms with Gasteiger partial charge in [0.05, 0.1) is 13.2 Å². The summed E-state index contributed by atoms with van der Waals surface area (Å²) in [7, 11) is 0. The number of ketones is 1. The molecule has 0 bridgehead atoms. The molecule has 0 radical (unpaired) electrons. The Bertz CT molecular complexity index is 632. The second kappa shape index (κ2) is 5.80. The highest BCUT2D eigenvalue weighted by atomic mass is 16.7. The summed E-state index contributed by atoms with van der Waals surface area (Å²) in [5.41, 5.74) is 4.44. The van der Waals surface area contributed by atoms with Gasteiger partial charge >= 0.3 is 0 Å². The lowest BCUT2D eigenvalue weighted by atomic mass is 9.94. The van der Waals surface area contributed by atoms with E-state index in [1.54, 1.807) is 0 Å². The third kappa shape index (κ3) is 2.75. The topological polar surface area (TPSA) is 35.5 Å². The normalized spacial score (nSPS) is 15.3. The third-order valence-corrected chi connectivity index (χ3v) is 3.78. The van der Waals surface area contributed by atoms with E-state index in [4.69, 9.17) is 9.47 Å². The van der Waals surface area contributed by atoms with Gasteiger partial charge in [0.1, 0.15) is 0 Å². The number of aryl methyl sites for hydroxylation is 2. The highest BCUT2D eigenvalue weighted by Crippen LogP contribution is 2.24. The van der Waals surface area contributed by atoms with Gasteiger partial charge in [0, 0.05) is 16.7 Å². The molecule has 3 nitrogen and oxygen atoms in total. The predicted molar refractivity (Wildman–Crippen MR) is 80.4 cm³/mol. The maximum absolute atomic E-state index is 12.7. The molecule has 1 fully saturated rings. The molecule has 2 aromatic carbocycles. The summed E-state index contributed by atoms with van der Waals surface area (Å²) < 4.78 is 10.9. The van der Waals surface area contributed by atoms with Gasteiger partial charge in [-0.2, -0.15) is 0 Å². The molecule has 21 heavy (non-hydrogen) atoms. The van der Waals surface area contributed by atoms with Gasteiger partial charge in [0.25, 0.3) is 0 Å². The maximum atomic E-state index is 12.7. The van der Waals surface area contributed by atoms with Crippen molar-refractivity contribution < 1.29 is 14.3 Å². The highest BCUT2D eigenvalue weighted by Gasteiger charge is 2.19. The smallest absolute Gasteiger partial charge is 0.193 e. The van der Waals surface area contributed by atoms with E-state index in [9.17, 15) is 4.79 Å². The Labute approximate surface area is 124 Å². The molecule has 0 spiro atoms. The number of hydrogen-bond acceptors (Lipinski definition) is 3. The third-order valence-electron chi connectivity index (χ3n) is 3.78. The van der Waals surface area contributed by atoms with Gasteiger partial charge in [0.2, 0.25) is 0 Å². The lowest BCUT2D eigenvalue weighted by Gasteiger charge is -2.11. The van der Waals surface area contributed by atoms with Crippen molar-refractivity contribution in [1.82, 2.24) is 0 Å². The van der Waals surface area contributed by atoms with E-state index in [-0.39, 0.29) is 12.1 Å². The molecule has 3 heteroatoms. The Morgan fingerprint density at radius 3 is 2.10 bits per heavy atom. The quantitative estimate of drug-likeness (QED) is 0.807. The van der Waals surface area contributed by atoms with Crippen LogP contribution in [0.2, 0.25) is 0 Å². The van der Waals surface area contributed by atoms with Gasteiger partial charge in [0.15, 0.2) is 12.1 Å². The first kappa shape index (κ1) is 14.0. The van der Waals surface area contributed by atoms with Crippen molar-refractivity contribution in [3.8, 4) is 0 Å². The molecule has 1 aliphatic rings. The van der Waals surface area contributed by atoms with E-state index in [1.165, 1.54) is 0 Å². The summed E-state index contributed by atoms with van der Waals surface area (Å²) in [4.78, 5) is 12.7. The van der Waals surface area contributed by atoms with Crippen LogP contribution in [0.15, 0.2) is 42.5 Å². The molecule has 0 atom stereocenters. The van der Waals surface area contributed by atoms with Crippen molar-refractivity contribution in [2.75, 3.05) is 13.2 Å². The summed E-state index contributed by atoms with van der Waals surface area (Å²) >= 11 is 0. The molecule has 0 aromatic heterocycles. The number of carbonyl (C=O) groups excluding carboxylic acids is 1.